The van der Waals surface area contributed by atoms with Gasteiger partial charge in [-0.15, -0.1) is 0 Å². The molecule has 0 unspecified atom stereocenters. The summed E-state index contributed by atoms with van der Waals surface area (Å²) in [6.07, 6.45) is 3.64. The number of hydrogen-bond donors (Lipinski definition) is 1. The first kappa shape index (κ1) is 22.6. The zero-order chi connectivity index (χ0) is 22.4. The molecule has 0 aliphatic carbocycles. The first-order valence-electron chi connectivity index (χ1n) is 10.4. The second-order valence-electron chi connectivity index (χ2n) is 7.06. The van der Waals surface area contributed by atoms with Crippen molar-refractivity contribution < 1.29 is 9.47 Å². The van der Waals surface area contributed by atoms with E-state index < -0.39 is 0 Å². The number of fused-ring (bicyclic) bond motifs is 1. The zero-order valence-corrected chi connectivity index (χ0v) is 19.4. The monoisotopic (exact) mass is 437 g/mol. The van der Waals surface area contributed by atoms with Crippen molar-refractivity contribution in [1.29, 1.82) is 0 Å². The van der Waals surface area contributed by atoms with Crippen molar-refractivity contribution in [3.8, 4) is 11.5 Å². The lowest BCUT2D eigenvalue weighted by atomic mass is 10.0. The van der Waals surface area contributed by atoms with Crippen LogP contribution in [-0.2, 0) is 6.54 Å². The number of nitrogens with one attached hydrogen (secondary N) is 1. The number of benzene rings is 2. The van der Waals surface area contributed by atoms with Crippen molar-refractivity contribution in [1.82, 2.24) is 9.97 Å². The van der Waals surface area contributed by atoms with Gasteiger partial charge in [-0.05, 0) is 67.3 Å². The minimum absolute atomic E-state index is 0.276. The van der Waals surface area contributed by atoms with E-state index in [9.17, 15) is 0 Å². The van der Waals surface area contributed by atoms with Gasteiger partial charge < -0.3 is 14.8 Å². The quantitative estimate of drug-likeness (QED) is 0.482. The Morgan fingerprint density at radius 3 is 2.61 bits per heavy atom. The Balaban J connectivity index is 0.00000132. The Hall–Kier alpha value is -3.05. The molecule has 2 heterocycles. The van der Waals surface area contributed by atoms with Gasteiger partial charge in [0.1, 0.15) is 12.1 Å². The fourth-order valence-electron chi connectivity index (χ4n) is 3.15. The van der Waals surface area contributed by atoms with Crippen molar-refractivity contribution in [2.75, 3.05) is 12.1 Å². The molecule has 1 aromatic heterocycles. The molecular weight excluding hydrogens is 410 g/mol. The van der Waals surface area contributed by atoms with Gasteiger partial charge in [-0.3, -0.25) is 0 Å². The van der Waals surface area contributed by atoms with E-state index in [1.807, 2.05) is 58.0 Å². The molecule has 1 aliphatic heterocycles. The standard InChI is InChI=1S/C23H22ClN3O2.C2H6/c1-14-4-6-18(10-19(14)24)15(2)8-20-16(3)23(27-12-26-20)25-11-17-5-7-21-22(9-17)29-13-28-21;1-2/h4-10,12H,11,13H2,1-3H3,(H,25,26,27);1-2H3/b15-8+;. The van der Waals surface area contributed by atoms with Crippen LogP contribution < -0.4 is 14.8 Å². The summed E-state index contributed by atoms with van der Waals surface area (Å²) in [5.74, 6) is 2.37. The third kappa shape index (κ3) is 5.36. The van der Waals surface area contributed by atoms with Crippen LogP contribution >= 0.6 is 11.6 Å². The summed E-state index contributed by atoms with van der Waals surface area (Å²) < 4.78 is 10.8. The van der Waals surface area contributed by atoms with Crippen LogP contribution in [0.5, 0.6) is 11.5 Å². The molecule has 3 aromatic rings. The average molecular weight is 438 g/mol. The van der Waals surface area contributed by atoms with Crippen LogP contribution in [0.2, 0.25) is 5.02 Å². The highest BCUT2D eigenvalue weighted by molar-refractivity contribution is 6.31. The van der Waals surface area contributed by atoms with Gasteiger partial charge in [-0.1, -0.05) is 43.6 Å². The van der Waals surface area contributed by atoms with Crippen LogP contribution in [0.4, 0.5) is 5.82 Å². The van der Waals surface area contributed by atoms with E-state index in [1.165, 1.54) is 0 Å². The molecule has 1 aliphatic rings. The van der Waals surface area contributed by atoms with E-state index >= 15 is 0 Å². The van der Waals surface area contributed by atoms with Crippen LogP contribution in [0, 0.1) is 13.8 Å². The Labute approximate surface area is 189 Å². The molecule has 0 saturated heterocycles. The number of rotatable bonds is 5. The summed E-state index contributed by atoms with van der Waals surface area (Å²) in [5.41, 5.74) is 6.20. The number of anilines is 1. The second-order valence-corrected chi connectivity index (χ2v) is 7.47. The van der Waals surface area contributed by atoms with E-state index in [-0.39, 0.29) is 6.79 Å². The van der Waals surface area contributed by atoms with Crippen LogP contribution in [-0.4, -0.2) is 16.8 Å². The first-order chi connectivity index (χ1) is 15.0. The van der Waals surface area contributed by atoms with Crippen molar-refractivity contribution in [3.05, 3.63) is 75.7 Å². The fourth-order valence-corrected chi connectivity index (χ4v) is 3.33. The van der Waals surface area contributed by atoms with E-state index in [0.29, 0.717) is 6.54 Å². The normalized spacial score (nSPS) is 12.3. The van der Waals surface area contributed by atoms with Crippen LogP contribution in [0.1, 0.15) is 48.7 Å². The van der Waals surface area contributed by atoms with Crippen molar-refractivity contribution >= 4 is 29.1 Å². The van der Waals surface area contributed by atoms with Gasteiger partial charge in [0.15, 0.2) is 11.5 Å². The molecule has 5 nitrogen and oxygen atoms in total. The predicted molar refractivity (Wildman–Crippen MR) is 128 cm³/mol. The van der Waals surface area contributed by atoms with Gasteiger partial charge in [0.25, 0.3) is 0 Å². The highest BCUT2D eigenvalue weighted by Crippen LogP contribution is 2.32. The number of allylic oxidation sites excluding steroid dienone is 1. The predicted octanol–water partition coefficient (Wildman–Crippen LogP) is 6.67. The molecule has 162 valence electrons. The molecule has 0 fully saturated rings. The number of aromatic nitrogens is 2. The van der Waals surface area contributed by atoms with Crippen molar-refractivity contribution in [2.24, 2.45) is 0 Å². The van der Waals surface area contributed by atoms with Crippen LogP contribution in [0.15, 0.2) is 42.7 Å². The number of ether oxygens (including phenoxy) is 2. The van der Waals surface area contributed by atoms with Gasteiger partial charge >= 0.3 is 0 Å². The molecule has 0 atom stereocenters. The van der Waals surface area contributed by atoms with E-state index in [2.05, 4.69) is 34.4 Å². The average Bonchev–Trinajstić information content (AvgIpc) is 3.25. The molecule has 0 radical (unpaired) electrons. The number of halogens is 1. The molecular formula is C25H28ClN3O2. The zero-order valence-electron chi connectivity index (χ0n) is 18.6. The molecule has 31 heavy (non-hydrogen) atoms. The number of hydrogen-bond acceptors (Lipinski definition) is 5. The number of nitrogens with zero attached hydrogens (tertiary/aromatic N) is 2. The lowest BCUT2D eigenvalue weighted by Gasteiger charge is -2.11. The Kier molecular flexibility index (Phi) is 7.53. The largest absolute Gasteiger partial charge is 0.454 e. The van der Waals surface area contributed by atoms with E-state index in [1.54, 1.807) is 6.33 Å². The maximum absolute atomic E-state index is 6.27. The lowest BCUT2D eigenvalue weighted by Crippen LogP contribution is -2.05. The summed E-state index contributed by atoms with van der Waals surface area (Å²) in [5, 5.41) is 4.16. The summed E-state index contributed by atoms with van der Waals surface area (Å²) in [7, 11) is 0. The van der Waals surface area contributed by atoms with Gasteiger partial charge in [0, 0.05) is 17.1 Å². The summed E-state index contributed by atoms with van der Waals surface area (Å²) in [4.78, 5) is 8.85. The summed E-state index contributed by atoms with van der Waals surface area (Å²) >= 11 is 6.27. The third-order valence-electron chi connectivity index (χ3n) is 5.00. The summed E-state index contributed by atoms with van der Waals surface area (Å²) in [6, 6.07) is 12.0. The Bertz CT molecular complexity index is 1100. The highest BCUT2D eigenvalue weighted by Gasteiger charge is 2.13. The minimum atomic E-state index is 0.276. The maximum atomic E-state index is 6.27. The van der Waals surface area contributed by atoms with Gasteiger partial charge in [-0.2, -0.15) is 0 Å². The van der Waals surface area contributed by atoms with Crippen LogP contribution in [0.25, 0.3) is 11.6 Å². The van der Waals surface area contributed by atoms with E-state index in [0.717, 1.165) is 55.9 Å². The molecule has 0 saturated carbocycles. The molecule has 2 aromatic carbocycles. The topological polar surface area (TPSA) is 56.3 Å². The molecule has 4 rings (SSSR count). The highest BCUT2D eigenvalue weighted by atomic mass is 35.5. The fraction of sp³-hybridized carbons (Fsp3) is 0.280. The summed E-state index contributed by atoms with van der Waals surface area (Å²) in [6.45, 7) is 11.0. The van der Waals surface area contributed by atoms with E-state index in [4.69, 9.17) is 21.1 Å². The Morgan fingerprint density at radius 2 is 1.84 bits per heavy atom. The third-order valence-corrected chi connectivity index (χ3v) is 5.41. The van der Waals surface area contributed by atoms with Gasteiger partial charge in [0.2, 0.25) is 6.79 Å². The molecule has 0 bridgehead atoms. The molecule has 0 amide bonds. The first-order valence-corrected chi connectivity index (χ1v) is 10.8. The van der Waals surface area contributed by atoms with Crippen LogP contribution in [0.3, 0.4) is 0 Å². The van der Waals surface area contributed by atoms with Gasteiger partial charge in [0.05, 0.1) is 5.69 Å². The lowest BCUT2D eigenvalue weighted by molar-refractivity contribution is 0.174. The molecule has 1 N–H and O–H groups in total. The maximum Gasteiger partial charge on any atom is 0.231 e. The molecule has 6 heteroatoms. The smallest absolute Gasteiger partial charge is 0.231 e. The second kappa shape index (κ2) is 10.3. The molecule has 0 spiro atoms. The Morgan fingerprint density at radius 1 is 1.06 bits per heavy atom. The van der Waals surface area contributed by atoms with Gasteiger partial charge in [-0.25, -0.2) is 9.97 Å². The SMILES string of the molecule is C/C(=C\c1ncnc(NCc2ccc3c(c2)OCO3)c1C)c1ccc(C)c(Cl)c1.CC. The number of aryl methyl sites for hydroxylation is 1. The van der Waals surface area contributed by atoms with Crippen molar-refractivity contribution in [3.63, 3.8) is 0 Å². The minimum Gasteiger partial charge on any atom is -0.454 e. The van der Waals surface area contributed by atoms with Crippen molar-refractivity contribution in [2.45, 2.75) is 41.2 Å².